The SMILES string of the molecule is CCOc1ccc([C@H](C)N(C)C(=O)c2cnc(-c3ccncc3)nc2)cc1. The molecule has 3 aromatic rings. The molecule has 0 aliphatic heterocycles. The Morgan fingerprint density at radius 1 is 1.07 bits per heavy atom. The highest BCUT2D eigenvalue weighted by Crippen LogP contribution is 2.23. The van der Waals surface area contributed by atoms with Crippen LogP contribution in [0.2, 0.25) is 0 Å². The molecule has 0 unspecified atom stereocenters. The topological polar surface area (TPSA) is 68.2 Å². The maximum absolute atomic E-state index is 12.8. The highest BCUT2D eigenvalue weighted by molar-refractivity contribution is 5.93. The van der Waals surface area contributed by atoms with Crippen LogP contribution in [0.1, 0.15) is 35.8 Å². The van der Waals surface area contributed by atoms with Crippen LogP contribution >= 0.6 is 0 Å². The van der Waals surface area contributed by atoms with Gasteiger partial charge in [0.1, 0.15) is 5.75 Å². The number of amides is 1. The van der Waals surface area contributed by atoms with Crippen LogP contribution in [-0.2, 0) is 0 Å². The molecule has 27 heavy (non-hydrogen) atoms. The van der Waals surface area contributed by atoms with Crippen molar-refractivity contribution in [3.63, 3.8) is 0 Å². The molecule has 0 radical (unpaired) electrons. The van der Waals surface area contributed by atoms with Gasteiger partial charge in [0.05, 0.1) is 18.2 Å². The predicted octanol–water partition coefficient (Wildman–Crippen LogP) is 3.77. The minimum atomic E-state index is -0.127. The predicted molar refractivity (Wildman–Crippen MR) is 103 cm³/mol. The number of hydrogen-bond acceptors (Lipinski definition) is 5. The van der Waals surface area contributed by atoms with E-state index in [9.17, 15) is 4.79 Å². The first-order chi connectivity index (χ1) is 13.1. The second-order valence-electron chi connectivity index (χ2n) is 6.13. The zero-order valence-corrected chi connectivity index (χ0v) is 15.7. The maximum atomic E-state index is 12.8. The molecule has 1 aromatic carbocycles. The summed E-state index contributed by atoms with van der Waals surface area (Å²) in [5.74, 6) is 1.26. The average Bonchev–Trinajstić information content (AvgIpc) is 2.74. The lowest BCUT2D eigenvalue weighted by atomic mass is 10.1. The number of pyridine rings is 1. The number of rotatable bonds is 6. The molecule has 0 saturated heterocycles. The number of hydrogen-bond donors (Lipinski definition) is 0. The fourth-order valence-corrected chi connectivity index (χ4v) is 2.70. The van der Waals surface area contributed by atoms with E-state index in [4.69, 9.17) is 4.74 Å². The third-order valence-corrected chi connectivity index (χ3v) is 4.41. The van der Waals surface area contributed by atoms with Gasteiger partial charge in [-0.1, -0.05) is 12.1 Å². The first-order valence-electron chi connectivity index (χ1n) is 8.82. The number of carbonyl (C=O) groups excluding carboxylic acids is 1. The van der Waals surface area contributed by atoms with Gasteiger partial charge >= 0.3 is 0 Å². The molecule has 6 nitrogen and oxygen atoms in total. The first kappa shape index (κ1) is 18.5. The van der Waals surface area contributed by atoms with Crippen LogP contribution in [-0.4, -0.2) is 39.4 Å². The lowest BCUT2D eigenvalue weighted by Gasteiger charge is -2.25. The smallest absolute Gasteiger partial charge is 0.257 e. The van der Waals surface area contributed by atoms with Gasteiger partial charge in [-0.2, -0.15) is 0 Å². The quantitative estimate of drug-likeness (QED) is 0.668. The molecule has 0 N–H and O–H groups in total. The number of nitrogens with zero attached hydrogens (tertiary/aromatic N) is 4. The van der Waals surface area contributed by atoms with Gasteiger partial charge < -0.3 is 9.64 Å². The lowest BCUT2D eigenvalue weighted by Crippen LogP contribution is -2.29. The van der Waals surface area contributed by atoms with E-state index in [1.165, 1.54) is 0 Å². The number of ether oxygens (including phenoxy) is 1. The molecule has 2 heterocycles. The van der Waals surface area contributed by atoms with Crippen molar-refractivity contribution < 1.29 is 9.53 Å². The molecule has 1 amide bonds. The van der Waals surface area contributed by atoms with Crippen molar-refractivity contribution in [1.82, 2.24) is 19.9 Å². The van der Waals surface area contributed by atoms with E-state index in [1.54, 1.807) is 36.7 Å². The van der Waals surface area contributed by atoms with Gasteiger partial charge in [0.2, 0.25) is 0 Å². The number of carbonyl (C=O) groups is 1. The second kappa shape index (κ2) is 8.40. The van der Waals surface area contributed by atoms with Crippen molar-refractivity contribution in [2.75, 3.05) is 13.7 Å². The molecule has 0 fully saturated rings. The van der Waals surface area contributed by atoms with Crippen molar-refractivity contribution >= 4 is 5.91 Å². The minimum Gasteiger partial charge on any atom is -0.494 e. The van der Waals surface area contributed by atoms with Gasteiger partial charge in [-0.3, -0.25) is 9.78 Å². The van der Waals surface area contributed by atoms with Crippen molar-refractivity contribution in [1.29, 1.82) is 0 Å². The standard InChI is InChI=1S/C21H22N4O2/c1-4-27-19-7-5-16(6-8-19)15(2)25(3)21(26)18-13-23-20(24-14-18)17-9-11-22-12-10-17/h5-15H,4H2,1-3H3/t15-/m0/s1. The molecular formula is C21H22N4O2. The molecule has 0 bridgehead atoms. The molecule has 2 aromatic heterocycles. The van der Waals surface area contributed by atoms with E-state index in [-0.39, 0.29) is 11.9 Å². The third-order valence-electron chi connectivity index (χ3n) is 4.41. The molecule has 0 saturated carbocycles. The van der Waals surface area contributed by atoms with Crippen molar-refractivity contribution in [3.8, 4) is 17.1 Å². The molecule has 6 heteroatoms. The Hall–Kier alpha value is -3.28. The van der Waals surface area contributed by atoms with E-state index in [0.717, 1.165) is 16.9 Å². The summed E-state index contributed by atoms with van der Waals surface area (Å²) in [6.07, 6.45) is 6.49. The molecule has 0 aliphatic carbocycles. The van der Waals surface area contributed by atoms with E-state index in [1.807, 2.05) is 50.2 Å². The Labute approximate surface area is 158 Å². The summed E-state index contributed by atoms with van der Waals surface area (Å²) >= 11 is 0. The van der Waals surface area contributed by atoms with E-state index >= 15 is 0 Å². The summed E-state index contributed by atoms with van der Waals surface area (Å²) in [5.41, 5.74) is 2.34. The Kier molecular flexibility index (Phi) is 5.76. The van der Waals surface area contributed by atoms with Gasteiger partial charge in [-0.15, -0.1) is 0 Å². The van der Waals surface area contributed by atoms with Crippen LogP contribution in [0.4, 0.5) is 0 Å². The van der Waals surface area contributed by atoms with Crippen molar-refractivity contribution in [3.05, 3.63) is 72.3 Å². The number of aromatic nitrogens is 3. The third kappa shape index (κ3) is 4.28. The van der Waals surface area contributed by atoms with E-state index < -0.39 is 0 Å². The molecule has 0 spiro atoms. The van der Waals surface area contributed by atoms with Gasteiger partial charge in [-0.05, 0) is 43.7 Å². The highest BCUT2D eigenvalue weighted by Gasteiger charge is 2.20. The summed E-state index contributed by atoms with van der Waals surface area (Å²) in [5, 5.41) is 0. The maximum Gasteiger partial charge on any atom is 0.257 e. The van der Waals surface area contributed by atoms with E-state index in [0.29, 0.717) is 18.0 Å². The summed E-state index contributed by atoms with van der Waals surface area (Å²) < 4.78 is 5.46. The molecule has 1 atom stereocenters. The van der Waals surface area contributed by atoms with Crippen molar-refractivity contribution in [2.45, 2.75) is 19.9 Å². The highest BCUT2D eigenvalue weighted by atomic mass is 16.5. The molecule has 0 aliphatic rings. The van der Waals surface area contributed by atoms with E-state index in [2.05, 4.69) is 15.0 Å². The lowest BCUT2D eigenvalue weighted by molar-refractivity contribution is 0.0742. The summed E-state index contributed by atoms with van der Waals surface area (Å²) in [6.45, 7) is 4.56. The average molecular weight is 362 g/mol. The molecule has 138 valence electrons. The van der Waals surface area contributed by atoms with Gasteiger partial charge in [0, 0.05) is 37.4 Å². The second-order valence-corrected chi connectivity index (χ2v) is 6.13. The van der Waals surface area contributed by atoms with Crippen LogP contribution in [0.15, 0.2) is 61.2 Å². The van der Waals surface area contributed by atoms with Crippen LogP contribution in [0, 0.1) is 0 Å². The van der Waals surface area contributed by atoms with Gasteiger partial charge in [-0.25, -0.2) is 9.97 Å². The first-order valence-corrected chi connectivity index (χ1v) is 8.82. The van der Waals surface area contributed by atoms with Gasteiger partial charge in [0.25, 0.3) is 5.91 Å². The molecule has 3 rings (SSSR count). The Morgan fingerprint density at radius 2 is 1.70 bits per heavy atom. The zero-order valence-electron chi connectivity index (χ0n) is 15.7. The number of benzene rings is 1. The van der Waals surface area contributed by atoms with Crippen LogP contribution in [0.5, 0.6) is 5.75 Å². The molecular weight excluding hydrogens is 340 g/mol. The summed E-state index contributed by atoms with van der Waals surface area (Å²) in [6, 6.07) is 11.4. The normalized spacial score (nSPS) is 11.7. The Morgan fingerprint density at radius 3 is 2.30 bits per heavy atom. The minimum absolute atomic E-state index is 0.0898. The Bertz CT molecular complexity index is 880. The fraction of sp³-hybridized carbons (Fsp3) is 0.238. The van der Waals surface area contributed by atoms with Crippen LogP contribution < -0.4 is 4.74 Å². The monoisotopic (exact) mass is 362 g/mol. The van der Waals surface area contributed by atoms with Crippen LogP contribution in [0.25, 0.3) is 11.4 Å². The summed E-state index contributed by atoms with van der Waals surface area (Å²) in [7, 11) is 1.78. The summed E-state index contributed by atoms with van der Waals surface area (Å²) in [4.78, 5) is 27.1. The largest absolute Gasteiger partial charge is 0.494 e. The van der Waals surface area contributed by atoms with Gasteiger partial charge in [0.15, 0.2) is 5.82 Å². The van der Waals surface area contributed by atoms with Crippen LogP contribution in [0.3, 0.4) is 0 Å². The fourth-order valence-electron chi connectivity index (χ4n) is 2.70. The Balaban J connectivity index is 1.72. The van der Waals surface area contributed by atoms with Crippen molar-refractivity contribution in [2.24, 2.45) is 0 Å². The zero-order chi connectivity index (χ0) is 19.2.